The summed E-state index contributed by atoms with van der Waals surface area (Å²) in [6.07, 6.45) is 4.90. The average Bonchev–Trinajstić information content (AvgIpc) is 2.68. The number of aromatic nitrogens is 3. The lowest BCUT2D eigenvalue weighted by molar-refractivity contribution is 0.639. The van der Waals surface area contributed by atoms with Gasteiger partial charge in [0.05, 0.1) is 16.9 Å². The van der Waals surface area contributed by atoms with E-state index in [1.54, 1.807) is 24.5 Å². The molecule has 128 valence electrons. The number of halogens is 2. The van der Waals surface area contributed by atoms with Crippen molar-refractivity contribution in [3.05, 3.63) is 95.3 Å². The highest BCUT2D eigenvalue weighted by molar-refractivity contribution is 6.30. The average molecular weight is 365 g/mol. The minimum absolute atomic E-state index is 0.265. The van der Waals surface area contributed by atoms with Crippen molar-refractivity contribution in [3.63, 3.8) is 0 Å². The molecule has 0 amide bonds. The van der Waals surface area contributed by atoms with Crippen LogP contribution in [0.25, 0.3) is 10.9 Å². The second kappa shape index (κ2) is 7.06. The van der Waals surface area contributed by atoms with Gasteiger partial charge in [0.15, 0.2) is 0 Å². The number of anilines is 1. The fourth-order valence-corrected chi connectivity index (χ4v) is 3.00. The van der Waals surface area contributed by atoms with Crippen LogP contribution in [0, 0.1) is 5.82 Å². The van der Waals surface area contributed by atoms with Crippen LogP contribution >= 0.6 is 11.6 Å². The van der Waals surface area contributed by atoms with Crippen molar-refractivity contribution in [2.75, 3.05) is 5.32 Å². The minimum atomic E-state index is -0.369. The lowest BCUT2D eigenvalue weighted by atomic mass is 10.00. The van der Waals surface area contributed by atoms with Gasteiger partial charge in [-0.2, -0.15) is 0 Å². The molecule has 4 rings (SSSR count). The summed E-state index contributed by atoms with van der Waals surface area (Å²) < 4.78 is 14.4. The number of hydrogen-bond acceptors (Lipinski definition) is 4. The van der Waals surface area contributed by atoms with Crippen LogP contribution in [0.15, 0.2) is 73.3 Å². The summed E-state index contributed by atoms with van der Waals surface area (Å²) in [5, 5.41) is 4.35. The normalized spacial score (nSPS) is 12.1. The monoisotopic (exact) mass is 364 g/mol. The maximum atomic E-state index is 14.4. The molecular weight excluding hydrogens is 351 g/mol. The Morgan fingerprint density at radius 2 is 1.77 bits per heavy atom. The van der Waals surface area contributed by atoms with Gasteiger partial charge in [0, 0.05) is 17.4 Å². The van der Waals surface area contributed by atoms with Crippen molar-refractivity contribution in [1.82, 2.24) is 15.0 Å². The number of fused-ring (bicyclic) bond motifs is 1. The number of nitrogens with zero attached hydrogens (tertiary/aromatic N) is 3. The lowest BCUT2D eigenvalue weighted by Gasteiger charge is -2.21. The van der Waals surface area contributed by atoms with E-state index in [0.29, 0.717) is 21.7 Å². The molecule has 0 aliphatic heterocycles. The number of hydrogen-bond donors (Lipinski definition) is 1. The first kappa shape index (κ1) is 16.4. The Kier molecular flexibility index (Phi) is 4.46. The molecule has 4 aromatic rings. The van der Waals surface area contributed by atoms with E-state index in [2.05, 4.69) is 20.3 Å². The molecule has 26 heavy (non-hydrogen) atoms. The Labute approximate surface area is 154 Å². The van der Waals surface area contributed by atoms with Crippen LogP contribution in [-0.4, -0.2) is 15.0 Å². The van der Waals surface area contributed by atoms with Crippen LogP contribution in [-0.2, 0) is 0 Å². The van der Waals surface area contributed by atoms with E-state index in [9.17, 15) is 4.39 Å². The molecule has 0 radical (unpaired) electrons. The molecule has 1 atom stereocenters. The molecule has 0 saturated carbocycles. The predicted octanol–water partition coefficient (Wildman–Crippen LogP) is 5.02. The van der Waals surface area contributed by atoms with E-state index in [-0.39, 0.29) is 11.9 Å². The predicted molar refractivity (Wildman–Crippen MR) is 101 cm³/mol. The standard InChI is InChI=1S/C20H14ClFN4/c21-15-8-6-13(7-9-15)19(14-3-2-10-23-11-14)26-20-18-16(22)4-1-5-17(18)24-12-25-20/h1-12,19H,(H,24,25,26)/t19-/m0/s1. The molecule has 1 N–H and O–H groups in total. The van der Waals surface area contributed by atoms with Crippen molar-refractivity contribution in [1.29, 1.82) is 0 Å². The van der Waals surface area contributed by atoms with E-state index < -0.39 is 0 Å². The minimum Gasteiger partial charge on any atom is -0.358 e. The van der Waals surface area contributed by atoms with Crippen LogP contribution in [0.5, 0.6) is 0 Å². The smallest absolute Gasteiger partial charge is 0.141 e. The largest absolute Gasteiger partial charge is 0.358 e. The molecular formula is C20H14ClFN4. The van der Waals surface area contributed by atoms with Crippen LogP contribution in [0.1, 0.15) is 17.2 Å². The molecule has 0 bridgehead atoms. The fraction of sp³-hybridized carbons (Fsp3) is 0.0500. The van der Waals surface area contributed by atoms with Gasteiger partial charge in [0.1, 0.15) is 18.0 Å². The van der Waals surface area contributed by atoms with Gasteiger partial charge in [-0.05, 0) is 41.5 Å². The zero-order valence-corrected chi connectivity index (χ0v) is 14.4. The summed E-state index contributed by atoms with van der Waals surface area (Å²) in [6, 6.07) is 15.8. The second-order valence-corrected chi connectivity index (χ2v) is 6.21. The third-order valence-electron chi connectivity index (χ3n) is 4.11. The highest BCUT2D eigenvalue weighted by atomic mass is 35.5. The zero-order chi connectivity index (χ0) is 17.9. The van der Waals surface area contributed by atoms with Gasteiger partial charge in [-0.25, -0.2) is 14.4 Å². The van der Waals surface area contributed by atoms with Crippen molar-refractivity contribution >= 4 is 28.3 Å². The summed E-state index contributed by atoms with van der Waals surface area (Å²) in [5.41, 5.74) is 2.44. The van der Waals surface area contributed by atoms with Crippen LogP contribution in [0.4, 0.5) is 10.2 Å². The first-order valence-corrected chi connectivity index (χ1v) is 8.41. The molecule has 2 heterocycles. The Morgan fingerprint density at radius 3 is 2.54 bits per heavy atom. The molecule has 2 aromatic heterocycles. The molecule has 0 unspecified atom stereocenters. The summed E-state index contributed by atoms with van der Waals surface area (Å²) >= 11 is 6.02. The van der Waals surface area contributed by atoms with E-state index in [4.69, 9.17) is 11.6 Å². The summed E-state index contributed by atoms with van der Waals surface area (Å²) in [7, 11) is 0. The van der Waals surface area contributed by atoms with Crippen LogP contribution in [0.2, 0.25) is 5.02 Å². The highest BCUT2D eigenvalue weighted by Gasteiger charge is 2.18. The maximum Gasteiger partial charge on any atom is 0.141 e. The molecule has 0 fully saturated rings. The quantitative estimate of drug-likeness (QED) is 0.552. The van der Waals surface area contributed by atoms with E-state index in [0.717, 1.165) is 11.1 Å². The lowest BCUT2D eigenvalue weighted by Crippen LogP contribution is -2.14. The second-order valence-electron chi connectivity index (χ2n) is 5.77. The molecule has 0 saturated heterocycles. The van der Waals surface area contributed by atoms with Gasteiger partial charge >= 0.3 is 0 Å². The molecule has 0 aliphatic rings. The van der Waals surface area contributed by atoms with Crippen LogP contribution in [0.3, 0.4) is 0 Å². The van der Waals surface area contributed by atoms with Crippen molar-refractivity contribution in [3.8, 4) is 0 Å². The first-order valence-electron chi connectivity index (χ1n) is 8.03. The van der Waals surface area contributed by atoms with Gasteiger partial charge in [-0.15, -0.1) is 0 Å². The van der Waals surface area contributed by atoms with Gasteiger partial charge in [-0.1, -0.05) is 35.9 Å². The Morgan fingerprint density at radius 1 is 0.923 bits per heavy atom. The summed E-state index contributed by atoms with van der Waals surface area (Å²) in [4.78, 5) is 12.6. The van der Waals surface area contributed by atoms with Gasteiger partial charge in [0.2, 0.25) is 0 Å². The van der Waals surface area contributed by atoms with Gasteiger partial charge < -0.3 is 5.32 Å². The highest BCUT2D eigenvalue weighted by Crippen LogP contribution is 2.30. The topological polar surface area (TPSA) is 50.7 Å². The first-order chi connectivity index (χ1) is 12.7. The Balaban J connectivity index is 1.82. The Hall–Kier alpha value is -3.05. The summed E-state index contributed by atoms with van der Waals surface area (Å²) in [5.74, 6) is 0.0588. The van der Waals surface area contributed by atoms with Crippen molar-refractivity contribution in [2.45, 2.75) is 6.04 Å². The fourth-order valence-electron chi connectivity index (χ4n) is 2.88. The van der Waals surface area contributed by atoms with Gasteiger partial charge in [-0.3, -0.25) is 4.98 Å². The van der Waals surface area contributed by atoms with E-state index in [1.807, 2.05) is 36.4 Å². The molecule has 0 spiro atoms. The Bertz CT molecular complexity index is 1030. The van der Waals surface area contributed by atoms with Crippen molar-refractivity contribution < 1.29 is 4.39 Å². The third-order valence-corrected chi connectivity index (χ3v) is 4.37. The third kappa shape index (κ3) is 3.21. The van der Waals surface area contributed by atoms with E-state index in [1.165, 1.54) is 12.4 Å². The maximum absolute atomic E-state index is 14.4. The zero-order valence-electron chi connectivity index (χ0n) is 13.6. The summed E-state index contributed by atoms with van der Waals surface area (Å²) in [6.45, 7) is 0. The van der Waals surface area contributed by atoms with Gasteiger partial charge in [0.25, 0.3) is 0 Å². The number of nitrogens with one attached hydrogen (secondary N) is 1. The molecule has 6 heteroatoms. The molecule has 4 nitrogen and oxygen atoms in total. The van der Waals surface area contributed by atoms with Crippen LogP contribution < -0.4 is 5.32 Å². The van der Waals surface area contributed by atoms with Crippen molar-refractivity contribution in [2.24, 2.45) is 0 Å². The molecule has 0 aliphatic carbocycles. The SMILES string of the molecule is Fc1cccc2ncnc(N[C@@H](c3ccc(Cl)cc3)c3cccnc3)c12. The number of pyridine rings is 1. The number of rotatable bonds is 4. The van der Waals surface area contributed by atoms with E-state index >= 15 is 0 Å². The number of benzene rings is 2. The molecule has 2 aromatic carbocycles.